The van der Waals surface area contributed by atoms with E-state index in [0.717, 1.165) is 21.4 Å². The molecule has 0 radical (unpaired) electrons. The topological polar surface area (TPSA) is 66.5 Å². The Bertz CT molecular complexity index is 567. The normalized spacial score (nSPS) is 14.2. The highest BCUT2D eigenvalue weighted by Gasteiger charge is 2.28. The number of benzene rings is 1. The summed E-state index contributed by atoms with van der Waals surface area (Å²) in [6.45, 7) is 15.3. The van der Waals surface area contributed by atoms with E-state index in [1.165, 1.54) is 6.21 Å². The first kappa shape index (κ1) is 19.5. The van der Waals surface area contributed by atoms with Crippen molar-refractivity contribution in [2.24, 2.45) is 0 Å². The molecule has 0 aliphatic rings. The van der Waals surface area contributed by atoms with Gasteiger partial charge in [-0.1, -0.05) is 41.5 Å². The zero-order valence-electron chi connectivity index (χ0n) is 15.7. The van der Waals surface area contributed by atoms with Gasteiger partial charge in [-0.15, -0.1) is 0 Å². The van der Waals surface area contributed by atoms with Crippen molar-refractivity contribution in [2.75, 3.05) is 6.61 Å². The van der Waals surface area contributed by atoms with Gasteiger partial charge in [0.1, 0.15) is 12.4 Å². The van der Waals surface area contributed by atoms with E-state index in [1.807, 2.05) is 53.7 Å². The van der Waals surface area contributed by atoms with Crippen LogP contribution in [0.4, 0.5) is 0 Å². The lowest BCUT2D eigenvalue weighted by Gasteiger charge is -2.28. The third-order valence-electron chi connectivity index (χ3n) is 4.00. The van der Waals surface area contributed by atoms with Crippen LogP contribution in [-0.2, 0) is 10.8 Å². The van der Waals surface area contributed by atoms with E-state index in [2.05, 4.69) is 0 Å². The Morgan fingerprint density at radius 3 is 1.65 bits per heavy atom. The van der Waals surface area contributed by atoms with Gasteiger partial charge in [0, 0.05) is 30.5 Å². The molecule has 0 aromatic heterocycles. The number of nitrogens with zero attached hydrogens (tertiary/aromatic N) is 1. The Hall–Kier alpha value is -1.55. The lowest BCUT2D eigenvalue weighted by molar-refractivity contribution is -0.539. The molecule has 1 rings (SSSR count). The molecule has 0 bridgehead atoms. The zero-order chi connectivity index (χ0) is 18.2. The lowest BCUT2D eigenvalue weighted by atomic mass is 9.78. The standard InChI is InChI=1S/C19H31NO3/c1-17(2,3)14-9-13(11-20(23)19(7,8)12-21)10-15(16(14)22)18(4,5)6/h9-11,21-22H,12H2,1-8H3. The van der Waals surface area contributed by atoms with Gasteiger partial charge in [-0.05, 0) is 23.0 Å². The third-order valence-corrected chi connectivity index (χ3v) is 4.00. The Morgan fingerprint density at radius 2 is 1.35 bits per heavy atom. The number of phenolic OH excluding ortho intramolecular Hbond substituents is 1. The van der Waals surface area contributed by atoms with Crippen molar-refractivity contribution < 1.29 is 15.0 Å². The molecule has 0 aliphatic heterocycles. The molecular formula is C19H31NO3. The van der Waals surface area contributed by atoms with Gasteiger partial charge in [-0.2, -0.15) is 0 Å². The summed E-state index contributed by atoms with van der Waals surface area (Å²) in [7, 11) is 0. The first-order chi connectivity index (χ1) is 10.2. The van der Waals surface area contributed by atoms with Gasteiger partial charge >= 0.3 is 0 Å². The summed E-state index contributed by atoms with van der Waals surface area (Å²) < 4.78 is 0.776. The average molecular weight is 321 g/mol. The van der Waals surface area contributed by atoms with Crippen molar-refractivity contribution in [3.63, 3.8) is 0 Å². The highest BCUT2D eigenvalue weighted by Crippen LogP contribution is 2.39. The quantitative estimate of drug-likeness (QED) is 0.386. The first-order valence-corrected chi connectivity index (χ1v) is 8.00. The monoisotopic (exact) mass is 321 g/mol. The summed E-state index contributed by atoms with van der Waals surface area (Å²) in [5.74, 6) is 0.293. The maximum atomic E-state index is 12.3. The van der Waals surface area contributed by atoms with Gasteiger partial charge in [-0.3, -0.25) is 0 Å². The van der Waals surface area contributed by atoms with Crippen LogP contribution in [0, 0.1) is 5.21 Å². The molecule has 0 fully saturated rings. The Kier molecular flexibility index (Phi) is 5.22. The fourth-order valence-corrected chi connectivity index (χ4v) is 2.25. The molecule has 4 heteroatoms. The number of aliphatic hydroxyl groups is 1. The molecule has 4 nitrogen and oxygen atoms in total. The summed E-state index contributed by atoms with van der Waals surface area (Å²) in [5.41, 5.74) is 0.983. The van der Waals surface area contributed by atoms with Crippen LogP contribution in [-0.4, -0.2) is 33.3 Å². The molecule has 0 saturated heterocycles. The van der Waals surface area contributed by atoms with E-state index in [9.17, 15) is 15.4 Å². The van der Waals surface area contributed by atoms with Crippen molar-refractivity contribution in [2.45, 2.75) is 71.8 Å². The summed E-state index contributed by atoms with van der Waals surface area (Å²) in [6.07, 6.45) is 1.49. The molecule has 23 heavy (non-hydrogen) atoms. The summed E-state index contributed by atoms with van der Waals surface area (Å²) in [5, 5.41) is 32.3. The maximum absolute atomic E-state index is 12.3. The van der Waals surface area contributed by atoms with Crippen molar-refractivity contribution in [1.29, 1.82) is 0 Å². The predicted molar refractivity (Wildman–Crippen MR) is 95.5 cm³/mol. The van der Waals surface area contributed by atoms with Crippen molar-refractivity contribution >= 4 is 6.21 Å². The molecule has 0 amide bonds. The van der Waals surface area contributed by atoms with Crippen LogP contribution < -0.4 is 0 Å². The summed E-state index contributed by atoms with van der Waals surface area (Å²) in [6, 6.07) is 3.70. The fraction of sp³-hybridized carbons (Fsp3) is 0.632. The van der Waals surface area contributed by atoms with Gasteiger partial charge in [0.25, 0.3) is 0 Å². The van der Waals surface area contributed by atoms with Crippen LogP contribution in [0.15, 0.2) is 12.1 Å². The third kappa shape index (κ3) is 4.47. The Morgan fingerprint density at radius 1 is 0.957 bits per heavy atom. The van der Waals surface area contributed by atoms with E-state index < -0.39 is 5.54 Å². The minimum atomic E-state index is -0.887. The van der Waals surface area contributed by atoms with Gasteiger partial charge in [0.15, 0.2) is 11.8 Å². The molecule has 1 aromatic carbocycles. The van der Waals surface area contributed by atoms with E-state index in [0.29, 0.717) is 5.75 Å². The number of phenols is 1. The van der Waals surface area contributed by atoms with Gasteiger partial charge in [0.05, 0.1) is 0 Å². The molecule has 2 N–H and O–H groups in total. The highest BCUT2D eigenvalue weighted by atomic mass is 16.5. The minimum Gasteiger partial charge on any atom is -0.623 e. The molecule has 0 atom stereocenters. The predicted octanol–water partition coefficient (Wildman–Crippen LogP) is 3.69. The number of hydroxylamine groups is 1. The molecule has 0 heterocycles. The van der Waals surface area contributed by atoms with Gasteiger partial charge < -0.3 is 15.4 Å². The van der Waals surface area contributed by atoms with Gasteiger partial charge in [0.2, 0.25) is 0 Å². The molecule has 0 spiro atoms. The molecular weight excluding hydrogens is 290 g/mol. The van der Waals surface area contributed by atoms with Crippen LogP contribution >= 0.6 is 0 Å². The summed E-state index contributed by atoms with van der Waals surface area (Å²) in [4.78, 5) is 0. The van der Waals surface area contributed by atoms with E-state index in [-0.39, 0.29) is 17.4 Å². The van der Waals surface area contributed by atoms with Crippen LogP contribution in [0.3, 0.4) is 0 Å². The number of aromatic hydroxyl groups is 1. The van der Waals surface area contributed by atoms with E-state index >= 15 is 0 Å². The molecule has 130 valence electrons. The maximum Gasteiger partial charge on any atom is 0.190 e. The number of rotatable bonds is 3. The first-order valence-electron chi connectivity index (χ1n) is 8.00. The van der Waals surface area contributed by atoms with Crippen molar-refractivity contribution in [3.05, 3.63) is 34.0 Å². The van der Waals surface area contributed by atoms with Crippen molar-refractivity contribution in [1.82, 2.24) is 0 Å². The van der Waals surface area contributed by atoms with E-state index in [1.54, 1.807) is 13.8 Å². The number of hydrogen-bond acceptors (Lipinski definition) is 3. The smallest absolute Gasteiger partial charge is 0.190 e. The second-order valence-electron chi connectivity index (χ2n) is 8.89. The minimum absolute atomic E-state index is 0.233. The second kappa shape index (κ2) is 6.16. The molecule has 0 unspecified atom stereocenters. The average Bonchev–Trinajstić information content (AvgIpc) is 2.37. The largest absolute Gasteiger partial charge is 0.623 e. The number of aliphatic hydroxyl groups excluding tert-OH is 1. The van der Waals surface area contributed by atoms with Crippen LogP contribution in [0.2, 0.25) is 0 Å². The fourth-order valence-electron chi connectivity index (χ4n) is 2.25. The zero-order valence-corrected chi connectivity index (χ0v) is 15.7. The molecule has 1 aromatic rings. The van der Waals surface area contributed by atoms with Crippen LogP contribution in [0.25, 0.3) is 0 Å². The van der Waals surface area contributed by atoms with Gasteiger partial charge in [-0.25, -0.2) is 4.74 Å². The van der Waals surface area contributed by atoms with Crippen LogP contribution in [0.5, 0.6) is 5.75 Å². The molecule has 0 saturated carbocycles. The van der Waals surface area contributed by atoms with Crippen LogP contribution in [0.1, 0.15) is 72.1 Å². The van der Waals surface area contributed by atoms with Crippen molar-refractivity contribution in [3.8, 4) is 5.75 Å². The lowest BCUT2D eigenvalue weighted by Crippen LogP contribution is -2.37. The number of hydrogen-bond donors (Lipinski definition) is 2. The SMILES string of the molecule is CC(C)(C)c1cc(C=[N+]([O-])C(C)(C)CO)cc(C(C)(C)C)c1O. The highest BCUT2D eigenvalue weighted by molar-refractivity contribution is 5.78. The Balaban J connectivity index is 3.61. The van der Waals surface area contributed by atoms with E-state index in [4.69, 9.17) is 0 Å². The second-order valence-corrected chi connectivity index (χ2v) is 8.89. The summed E-state index contributed by atoms with van der Waals surface area (Å²) >= 11 is 0. The Labute approximate surface area is 140 Å². The molecule has 0 aliphatic carbocycles.